The lowest BCUT2D eigenvalue weighted by Crippen LogP contribution is -2.36. The summed E-state index contributed by atoms with van der Waals surface area (Å²) in [5, 5.41) is 0. The Balaban J connectivity index is 0.000000149. The molecule has 0 radical (unpaired) electrons. The number of fused-ring (bicyclic) bond motifs is 3. The van der Waals surface area contributed by atoms with Crippen molar-refractivity contribution in [3.63, 3.8) is 0 Å². The van der Waals surface area contributed by atoms with Gasteiger partial charge >= 0.3 is 0 Å². The van der Waals surface area contributed by atoms with Crippen molar-refractivity contribution in [2.45, 2.75) is 136 Å². The number of hydrogen-bond donors (Lipinski definition) is 0. The van der Waals surface area contributed by atoms with Crippen LogP contribution in [0.2, 0.25) is 0 Å². The van der Waals surface area contributed by atoms with Gasteiger partial charge in [-0.15, -0.1) is 0 Å². The molecule has 0 amide bonds. The van der Waals surface area contributed by atoms with E-state index in [1.807, 2.05) is 0 Å². The first-order valence-corrected chi connectivity index (χ1v) is 14.9. The number of hydrogen-bond acceptors (Lipinski definition) is 3. The summed E-state index contributed by atoms with van der Waals surface area (Å²) in [7, 11) is 0. The topological polar surface area (TPSA) is 27.7 Å². The third-order valence-electron chi connectivity index (χ3n) is 9.80. The van der Waals surface area contributed by atoms with Crippen LogP contribution in [0.1, 0.15) is 118 Å². The number of ether oxygens (including phenoxy) is 3. The molecular formula is C33H56O3. The maximum Gasteiger partial charge on any atom is 0.101 e. The van der Waals surface area contributed by atoms with Crippen LogP contribution >= 0.6 is 0 Å². The van der Waals surface area contributed by atoms with Crippen LogP contribution < -0.4 is 0 Å². The third kappa shape index (κ3) is 7.35. The molecule has 3 aliphatic carbocycles. The van der Waals surface area contributed by atoms with Crippen LogP contribution in [0.25, 0.3) is 0 Å². The van der Waals surface area contributed by atoms with E-state index in [-0.39, 0.29) is 7.43 Å². The molecule has 3 heterocycles. The lowest BCUT2D eigenvalue weighted by molar-refractivity contribution is -0.0287. The SMILES string of the molecule is C.C=C1CC(C)C2CCCCC2O1.C=C1OC2CCCC2CC1C.C=C1OC2CCCCC2CC1C. The lowest BCUT2D eigenvalue weighted by Gasteiger charge is -2.40. The molecule has 6 aliphatic rings. The fourth-order valence-corrected chi connectivity index (χ4v) is 7.51. The summed E-state index contributed by atoms with van der Waals surface area (Å²) in [4.78, 5) is 0. The average molecular weight is 501 g/mol. The highest BCUT2D eigenvalue weighted by molar-refractivity contribution is 4.99. The molecule has 0 aromatic rings. The van der Waals surface area contributed by atoms with E-state index >= 15 is 0 Å². The second-order valence-corrected chi connectivity index (χ2v) is 12.6. The molecule has 0 N–H and O–H groups in total. The van der Waals surface area contributed by atoms with Crippen molar-refractivity contribution in [1.82, 2.24) is 0 Å². The highest BCUT2D eigenvalue weighted by Gasteiger charge is 2.36. The van der Waals surface area contributed by atoms with E-state index in [1.165, 1.54) is 83.5 Å². The summed E-state index contributed by atoms with van der Waals surface area (Å²) < 4.78 is 17.3. The van der Waals surface area contributed by atoms with Gasteiger partial charge in [-0.25, -0.2) is 0 Å². The zero-order valence-electron chi connectivity index (χ0n) is 22.9. The average Bonchev–Trinajstić information content (AvgIpc) is 3.28. The van der Waals surface area contributed by atoms with Gasteiger partial charge in [0, 0.05) is 18.3 Å². The molecule has 3 saturated carbocycles. The van der Waals surface area contributed by atoms with E-state index in [0.717, 1.165) is 47.4 Å². The minimum atomic E-state index is 0. The molecule has 206 valence electrons. The van der Waals surface area contributed by atoms with Crippen LogP contribution in [-0.2, 0) is 14.2 Å². The Labute approximate surface area is 223 Å². The van der Waals surface area contributed by atoms with E-state index in [0.29, 0.717) is 30.1 Å². The van der Waals surface area contributed by atoms with Gasteiger partial charge in [0.15, 0.2) is 0 Å². The van der Waals surface area contributed by atoms with Crippen molar-refractivity contribution in [2.75, 3.05) is 0 Å². The zero-order chi connectivity index (χ0) is 24.9. The first-order chi connectivity index (χ1) is 16.8. The molecule has 9 unspecified atom stereocenters. The Kier molecular flexibility index (Phi) is 10.9. The van der Waals surface area contributed by atoms with E-state index in [1.54, 1.807) is 0 Å². The van der Waals surface area contributed by atoms with Gasteiger partial charge in [0.05, 0.1) is 17.3 Å². The van der Waals surface area contributed by atoms with Crippen molar-refractivity contribution >= 4 is 0 Å². The van der Waals surface area contributed by atoms with Gasteiger partial charge in [0.1, 0.15) is 18.3 Å². The fourth-order valence-electron chi connectivity index (χ4n) is 7.51. The minimum Gasteiger partial charge on any atom is -0.495 e. The quantitative estimate of drug-likeness (QED) is 0.331. The highest BCUT2D eigenvalue weighted by Crippen LogP contribution is 2.42. The maximum atomic E-state index is 5.81. The number of rotatable bonds is 0. The smallest absolute Gasteiger partial charge is 0.101 e. The summed E-state index contributed by atoms with van der Waals surface area (Å²) in [6, 6.07) is 0. The van der Waals surface area contributed by atoms with E-state index in [2.05, 4.69) is 40.5 Å². The van der Waals surface area contributed by atoms with Gasteiger partial charge in [-0.3, -0.25) is 0 Å². The molecule has 0 aromatic heterocycles. The van der Waals surface area contributed by atoms with Gasteiger partial charge in [-0.05, 0) is 94.3 Å². The van der Waals surface area contributed by atoms with E-state index in [9.17, 15) is 0 Å². The van der Waals surface area contributed by atoms with Crippen LogP contribution in [-0.4, -0.2) is 18.3 Å². The molecule has 3 aliphatic heterocycles. The molecule has 0 spiro atoms. The van der Waals surface area contributed by atoms with Crippen LogP contribution in [0.3, 0.4) is 0 Å². The van der Waals surface area contributed by atoms with Gasteiger partial charge in [-0.2, -0.15) is 0 Å². The van der Waals surface area contributed by atoms with Crippen molar-refractivity contribution < 1.29 is 14.2 Å². The molecule has 9 atom stereocenters. The predicted molar refractivity (Wildman–Crippen MR) is 151 cm³/mol. The fraction of sp³-hybridized carbons (Fsp3) is 0.818. The molecule has 0 bridgehead atoms. The van der Waals surface area contributed by atoms with Crippen LogP contribution in [0.4, 0.5) is 0 Å². The largest absolute Gasteiger partial charge is 0.495 e. The van der Waals surface area contributed by atoms with Crippen molar-refractivity contribution in [2.24, 2.45) is 35.5 Å². The Bertz CT molecular complexity index is 741. The van der Waals surface area contributed by atoms with Gasteiger partial charge in [-0.1, -0.05) is 60.8 Å². The Hall–Kier alpha value is -1.38. The van der Waals surface area contributed by atoms with Gasteiger partial charge < -0.3 is 14.2 Å². The first-order valence-electron chi connectivity index (χ1n) is 14.9. The molecule has 3 heteroatoms. The minimum absolute atomic E-state index is 0. The zero-order valence-corrected chi connectivity index (χ0v) is 22.9. The number of allylic oxidation sites excluding steroid dienone is 3. The predicted octanol–water partition coefficient (Wildman–Crippen LogP) is 9.59. The molecule has 3 saturated heterocycles. The molecule has 6 fully saturated rings. The van der Waals surface area contributed by atoms with Gasteiger partial charge in [0.2, 0.25) is 0 Å². The van der Waals surface area contributed by atoms with Crippen molar-refractivity contribution in [3.05, 3.63) is 37.0 Å². The molecule has 6 rings (SSSR count). The second kappa shape index (κ2) is 13.4. The molecular weight excluding hydrogens is 444 g/mol. The van der Waals surface area contributed by atoms with Crippen LogP contribution in [0.5, 0.6) is 0 Å². The summed E-state index contributed by atoms with van der Waals surface area (Å²) in [5.74, 6) is 7.55. The third-order valence-corrected chi connectivity index (χ3v) is 9.80. The van der Waals surface area contributed by atoms with Crippen molar-refractivity contribution in [1.29, 1.82) is 0 Å². The van der Waals surface area contributed by atoms with Crippen molar-refractivity contribution in [3.8, 4) is 0 Å². The molecule has 0 aromatic carbocycles. The van der Waals surface area contributed by atoms with Crippen LogP contribution in [0, 0.1) is 35.5 Å². The van der Waals surface area contributed by atoms with Gasteiger partial charge in [0.25, 0.3) is 0 Å². The maximum absolute atomic E-state index is 5.81. The second-order valence-electron chi connectivity index (χ2n) is 12.6. The lowest BCUT2D eigenvalue weighted by atomic mass is 9.75. The molecule has 3 nitrogen and oxygen atoms in total. The monoisotopic (exact) mass is 500 g/mol. The standard InChI is InChI=1S/2C11H18O.C10H16O.CH4/c1-8-7-10-5-3-4-6-11(10)12-9(8)2;1-8-7-9(2)12-11-6-4-3-5-10(8)11;1-7-6-9-4-3-5-10(9)11-8(7)2;/h2*8,10-11H,2-7H2,1H3;7,9-10H,2-6H2,1H3;1H4. The Morgan fingerprint density at radius 1 is 0.583 bits per heavy atom. The van der Waals surface area contributed by atoms with E-state index < -0.39 is 0 Å². The summed E-state index contributed by atoms with van der Waals surface area (Å²) in [6.45, 7) is 18.6. The Morgan fingerprint density at radius 2 is 1.06 bits per heavy atom. The molecule has 36 heavy (non-hydrogen) atoms. The normalized spacial score (nSPS) is 41.1. The summed E-state index contributed by atoms with van der Waals surface area (Å²) in [5.41, 5.74) is 0. The summed E-state index contributed by atoms with van der Waals surface area (Å²) in [6.07, 6.45) is 20.0. The van der Waals surface area contributed by atoms with E-state index in [4.69, 9.17) is 14.2 Å². The first kappa shape index (κ1) is 29.2. The van der Waals surface area contributed by atoms with Crippen LogP contribution in [0.15, 0.2) is 37.0 Å². The summed E-state index contributed by atoms with van der Waals surface area (Å²) >= 11 is 0. The highest BCUT2D eigenvalue weighted by atomic mass is 16.5. The Morgan fingerprint density at radius 3 is 1.67 bits per heavy atom.